The van der Waals surface area contributed by atoms with Crippen LogP contribution in [0.3, 0.4) is 0 Å². The summed E-state index contributed by atoms with van der Waals surface area (Å²) in [7, 11) is 1.52. The van der Waals surface area contributed by atoms with Gasteiger partial charge in [0.05, 0.1) is 5.88 Å². The molecule has 0 aliphatic carbocycles. The zero-order valence-corrected chi connectivity index (χ0v) is 8.69. The van der Waals surface area contributed by atoms with Gasteiger partial charge in [0.2, 0.25) is 0 Å². The Hall–Kier alpha value is -0.740. The fourth-order valence-corrected chi connectivity index (χ4v) is 1.78. The molecule has 5 heteroatoms. The number of hydrogen-bond acceptors (Lipinski definition) is 3. The van der Waals surface area contributed by atoms with Crippen LogP contribution in [0.1, 0.15) is 11.7 Å². The van der Waals surface area contributed by atoms with Gasteiger partial charge >= 0.3 is 6.09 Å². The Morgan fingerprint density at radius 1 is 1.85 bits per heavy atom. The summed E-state index contributed by atoms with van der Waals surface area (Å²) in [6.45, 7) is 0. The second-order valence-corrected chi connectivity index (χ2v) is 3.44. The fourth-order valence-electron chi connectivity index (χ4n) is 0.835. The van der Waals surface area contributed by atoms with Crippen LogP contribution in [0.4, 0.5) is 4.79 Å². The number of amides is 1. The first-order valence-corrected chi connectivity index (χ1v) is 5.22. The lowest BCUT2D eigenvalue weighted by Crippen LogP contribution is -2.22. The Bertz CT molecular complexity index is 263. The summed E-state index contributed by atoms with van der Waals surface area (Å²) in [5, 5.41) is 6.21. The Balaban J connectivity index is 2.58. The molecule has 1 rings (SSSR count). The standard InChI is InChI=1S/C8H10ClNO2S/c1-10-8(11)12-7(4-9)6-2-3-13-5-6/h2-3,5,7H,4H2,1H3,(H,10,11)/t7-/m1/s1. The van der Waals surface area contributed by atoms with Gasteiger partial charge in [-0.25, -0.2) is 4.79 Å². The van der Waals surface area contributed by atoms with Crippen LogP contribution in [-0.4, -0.2) is 19.0 Å². The number of thiophene rings is 1. The van der Waals surface area contributed by atoms with E-state index in [1.54, 1.807) is 11.3 Å². The van der Waals surface area contributed by atoms with E-state index in [0.29, 0.717) is 0 Å². The van der Waals surface area contributed by atoms with E-state index in [1.807, 2.05) is 16.8 Å². The summed E-state index contributed by atoms with van der Waals surface area (Å²) in [5.41, 5.74) is 0.934. The lowest BCUT2D eigenvalue weighted by atomic mass is 10.2. The van der Waals surface area contributed by atoms with Crippen LogP contribution in [0.5, 0.6) is 0 Å². The first kappa shape index (κ1) is 10.3. The number of ether oxygens (including phenoxy) is 1. The van der Waals surface area contributed by atoms with Crippen molar-refractivity contribution in [1.29, 1.82) is 0 Å². The summed E-state index contributed by atoms with van der Waals surface area (Å²) in [6, 6.07) is 1.89. The quantitative estimate of drug-likeness (QED) is 0.793. The van der Waals surface area contributed by atoms with Crippen LogP contribution in [0.15, 0.2) is 16.8 Å². The molecule has 13 heavy (non-hydrogen) atoms. The Morgan fingerprint density at radius 2 is 2.62 bits per heavy atom. The van der Waals surface area contributed by atoms with E-state index in [2.05, 4.69) is 5.32 Å². The number of rotatable bonds is 3. The van der Waals surface area contributed by atoms with Crippen molar-refractivity contribution in [3.05, 3.63) is 22.4 Å². The van der Waals surface area contributed by atoms with Gasteiger partial charge in [-0.15, -0.1) is 11.6 Å². The summed E-state index contributed by atoms with van der Waals surface area (Å²) in [4.78, 5) is 10.9. The summed E-state index contributed by atoms with van der Waals surface area (Å²) >= 11 is 7.21. The predicted octanol–water partition coefficient (Wildman–Crippen LogP) is 2.38. The van der Waals surface area contributed by atoms with E-state index in [1.165, 1.54) is 7.05 Å². The molecule has 0 fully saturated rings. The summed E-state index contributed by atoms with van der Waals surface area (Å²) in [6.07, 6.45) is -0.815. The second-order valence-electron chi connectivity index (χ2n) is 2.35. The number of alkyl carbamates (subject to hydrolysis) is 1. The third-order valence-corrected chi connectivity index (χ3v) is 2.49. The van der Waals surface area contributed by atoms with E-state index in [4.69, 9.17) is 16.3 Å². The lowest BCUT2D eigenvalue weighted by molar-refractivity contribution is 0.111. The molecule has 1 aromatic heterocycles. The van der Waals surface area contributed by atoms with E-state index < -0.39 is 6.09 Å². The minimum atomic E-state index is -0.461. The monoisotopic (exact) mass is 219 g/mol. The van der Waals surface area contributed by atoms with Crippen LogP contribution in [-0.2, 0) is 4.74 Å². The van der Waals surface area contributed by atoms with Crippen molar-refractivity contribution >= 4 is 29.0 Å². The molecule has 0 spiro atoms. The van der Waals surface area contributed by atoms with Crippen LogP contribution >= 0.6 is 22.9 Å². The Kier molecular flexibility index (Phi) is 4.05. The number of hydrogen-bond donors (Lipinski definition) is 1. The van der Waals surface area contributed by atoms with Gasteiger partial charge in [-0.2, -0.15) is 11.3 Å². The Morgan fingerprint density at radius 3 is 3.08 bits per heavy atom. The summed E-state index contributed by atoms with van der Waals surface area (Å²) < 4.78 is 5.02. The molecular weight excluding hydrogens is 210 g/mol. The molecule has 0 saturated carbocycles. The van der Waals surface area contributed by atoms with Crippen LogP contribution in [0, 0.1) is 0 Å². The van der Waals surface area contributed by atoms with Gasteiger partial charge in [0.15, 0.2) is 0 Å². The molecule has 0 unspecified atom stereocenters. The molecule has 1 aromatic rings. The highest BCUT2D eigenvalue weighted by Gasteiger charge is 2.14. The first-order chi connectivity index (χ1) is 6.27. The second kappa shape index (κ2) is 5.09. The SMILES string of the molecule is CNC(=O)O[C@H](CCl)c1ccsc1. The highest BCUT2D eigenvalue weighted by Crippen LogP contribution is 2.21. The maximum atomic E-state index is 10.9. The third-order valence-electron chi connectivity index (χ3n) is 1.51. The zero-order chi connectivity index (χ0) is 9.68. The van der Waals surface area contributed by atoms with Gasteiger partial charge in [-0.1, -0.05) is 0 Å². The number of carbonyl (C=O) groups excluding carboxylic acids is 1. The minimum Gasteiger partial charge on any atom is -0.440 e. The maximum absolute atomic E-state index is 10.9. The highest BCUT2D eigenvalue weighted by molar-refractivity contribution is 7.07. The van der Waals surface area contributed by atoms with Gasteiger partial charge in [-0.3, -0.25) is 0 Å². The maximum Gasteiger partial charge on any atom is 0.407 e. The van der Waals surface area contributed by atoms with Crippen LogP contribution in [0.25, 0.3) is 0 Å². The van der Waals surface area contributed by atoms with Gasteiger partial charge in [0, 0.05) is 12.6 Å². The average molecular weight is 220 g/mol. The largest absolute Gasteiger partial charge is 0.440 e. The molecule has 3 nitrogen and oxygen atoms in total. The highest BCUT2D eigenvalue weighted by atomic mass is 35.5. The topological polar surface area (TPSA) is 38.3 Å². The van der Waals surface area contributed by atoms with Crippen molar-refractivity contribution < 1.29 is 9.53 Å². The zero-order valence-electron chi connectivity index (χ0n) is 7.12. The van der Waals surface area contributed by atoms with Crippen molar-refractivity contribution in [3.63, 3.8) is 0 Å². The molecule has 0 radical (unpaired) electrons. The van der Waals surface area contributed by atoms with Gasteiger partial charge in [0.25, 0.3) is 0 Å². The average Bonchev–Trinajstić information content (AvgIpc) is 2.66. The van der Waals surface area contributed by atoms with E-state index in [-0.39, 0.29) is 12.0 Å². The molecule has 1 atom stereocenters. The van der Waals surface area contributed by atoms with Gasteiger partial charge < -0.3 is 10.1 Å². The van der Waals surface area contributed by atoms with Crippen LogP contribution in [0.2, 0.25) is 0 Å². The molecule has 0 saturated heterocycles. The molecule has 0 bridgehead atoms. The Labute approximate surface area is 85.7 Å². The molecule has 72 valence electrons. The molecule has 0 aliphatic heterocycles. The lowest BCUT2D eigenvalue weighted by Gasteiger charge is -2.13. The number of halogens is 1. The predicted molar refractivity (Wildman–Crippen MR) is 53.3 cm³/mol. The minimum absolute atomic E-state index is 0.268. The smallest absolute Gasteiger partial charge is 0.407 e. The summed E-state index contributed by atoms with van der Waals surface area (Å²) in [5.74, 6) is 0.268. The molecule has 0 aromatic carbocycles. The first-order valence-electron chi connectivity index (χ1n) is 3.74. The number of nitrogens with one attached hydrogen (secondary N) is 1. The van der Waals surface area contributed by atoms with E-state index in [0.717, 1.165) is 5.56 Å². The van der Waals surface area contributed by atoms with Crippen molar-refractivity contribution in [2.75, 3.05) is 12.9 Å². The molecule has 1 amide bonds. The molecule has 1 N–H and O–H groups in total. The third kappa shape index (κ3) is 2.90. The van der Waals surface area contributed by atoms with Crippen LogP contribution < -0.4 is 5.32 Å². The molecule has 1 heterocycles. The van der Waals surface area contributed by atoms with Crippen molar-refractivity contribution in [2.24, 2.45) is 0 Å². The number of carbonyl (C=O) groups is 1. The van der Waals surface area contributed by atoms with Gasteiger partial charge in [-0.05, 0) is 16.8 Å². The van der Waals surface area contributed by atoms with Crippen molar-refractivity contribution in [3.8, 4) is 0 Å². The number of alkyl halides is 1. The van der Waals surface area contributed by atoms with Crippen molar-refractivity contribution in [1.82, 2.24) is 5.32 Å². The molecular formula is C8H10ClNO2S. The van der Waals surface area contributed by atoms with E-state index >= 15 is 0 Å². The van der Waals surface area contributed by atoms with Gasteiger partial charge in [0.1, 0.15) is 6.10 Å². The molecule has 0 aliphatic rings. The normalized spacial score (nSPS) is 12.2. The van der Waals surface area contributed by atoms with Crippen molar-refractivity contribution in [2.45, 2.75) is 6.10 Å². The fraction of sp³-hybridized carbons (Fsp3) is 0.375. The van der Waals surface area contributed by atoms with E-state index in [9.17, 15) is 4.79 Å².